The summed E-state index contributed by atoms with van der Waals surface area (Å²) in [6.07, 6.45) is 5.55. The number of aromatic nitrogens is 2. The minimum Gasteiger partial charge on any atom is -0.349 e. The molecule has 0 aliphatic heterocycles. The first-order chi connectivity index (χ1) is 12.7. The highest BCUT2D eigenvalue weighted by atomic mass is 32.1. The summed E-state index contributed by atoms with van der Waals surface area (Å²) >= 11 is 5.17. The highest BCUT2D eigenvalue weighted by Gasteiger charge is 2.32. The van der Waals surface area contributed by atoms with Crippen LogP contribution < -0.4 is 10.9 Å². The van der Waals surface area contributed by atoms with Gasteiger partial charge in [0.25, 0.3) is 11.5 Å². The maximum Gasteiger partial charge on any atom is 0.261 e. The lowest BCUT2D eigenvalue weighted by Crippen LogP contribution is -2.39. The van der Waals surface area contributed by atoms with Gasteiger partial charge in [-0.3, -0.25) is 14.2 Å². The summed E-state index contributed by atoms with van der Waals surface area (Å²) in [6, 6.07) is 5.34. The molecule has 1 amide bonds. The number of H-pyrrole nitrogens is 1. The average molecular weight is 388 g/mol. The summed E-state index contributed by atoms with van der Waals surface area (Å²) in [5, 5.41) is 3.70. The lowest BCUT2D eigenvalue weighted by molar-refractivity contribution is 0.0893. The van der Waals surface area contributed by atoms with Crippen molar-refractivity contribution in [3.63, 3.8) is 0 Å². The third-order valence-corrected chi connectivity index (χ3v) is 6.82. The molecule has 0 radical (unpaired) electrons. The molecule has 1 fully saturated rings. The molecule has 5 nitrogen and oxygen atoms in total. The van der Waals surface area contributed by atoms with Crippen LogP contribution >= 0.6 is 12.2 Å². The molecule has 146 valence electrons. The molecule has 0 atom stereocenters. The van der Waals surface area contributed by atoms with Crippen LogP contribution in [0.5, 0.6) is 0 Å². The summed E-state index contributed by atoms with van der Waals surface area (Å²) < 4.78 is 1.75. The van der Waals surface area contributed by atoms with E-state index >= 15 is 0 Å². The lowest BCUT2D eigenvalue weighted by atomic mass is 9.69. The van der Waals surface area contributed by atoms with Crippen molar-refractivity contribution in [1.29, 1.82) is 0 Å². The topological polar surface area (TPSA) is 66.9 Å². The van der Waals surface area contributed by atoms with E-state index < -0.39 is 0 Å². The molecule has 27 heavy (non-hydrogen) atoms. The Morgan fingerprint density at radius 2 is 1.96 bits per heavy atom. The predicted octanol–water partition coefficient (Wildman–Crippen LogP) is 4.32. The number of nitrogens with one attached hydrogen (secondary N) is 2. The maximum absolute atomic E-state index is 12.7. The zero-order valence-electron chi connectivity index (χ0n) is 16.6. The van der Waals surface area contributed by atoms with Crippen molar-refractivity contribution < 1.29 is 4.79 Å². The molecule has 1 heterocycles. The number of hydrogen-bond acceptors (Lipinski definition) is 3. The van der Waals surface area contributed by atoms with Gasteiger partial charge in [-0.15, -0.1) is 0 Å². The van der Waals surface area contributed by atoms with Crippen molar-refractivity contribution in [1.82, 2.24) is 14.9 Å². The van der Waals surface area contributed by atoms with Crippen LogP contribution in [0.4, 0.5) is 0 Å². The number of carbonyl (C=O) groups is 1. The Bertz CT molecular complexity index is 966. The fourth-order valence-corrected chi connectivity index (χ4v) is 4.22. The largest absolute Gasteiger partial charge is 0.349 e. The normalized spacial score (nSPS) is 20.6. The van der Waals surface area contributed by atoms with Gasteiger partial charge in [0.2, 0.25) is 0 Å². The summed E-state index contributed by atoms with van der Waals surface area (Å²) in [4.78, 5) is 28.0. The highest BCUT2D eigenvalue weighted by Crippen LogP contribution is 2.40. The van der Waals surface area contributed by atoms with Gasteiger partial charge < -0.3 is 10.3 Å². The number of amides is 1. The first kappa shape index (κ1) is 19.8. The van der Waals surface area contributed by atoms with E-state index in [1.54, 1.807) is 25.2 Å². The van der Waals surface area contributed by atoms with Gasteiger partial charge in [-0.25, -0.2) is 0 Å². The van der Waals surface area contributed by atoms with Gasteiger partial charge >= 0.3 is 0 Å². The lowest BCUT2D eigenvalue weighted by Gasteiger charge is -2.39. The van der Waals surface area contributed by atoms with Crippen molar-refractivity contribution in [2.45, 2.75) is 58.9 Å². The molecule has 1 aromatic heterocycles. The molecule has 0 unspecified atom stereocenters. The van der Waals surface area contributed by atoms with Gasteiger partial charge in [0.15, 0.2) is 4.77 Å². The Morgan fingerprint density at radius 1 is 1.30 bits per heavy atom. The molecule has 6 heteroatoms. The van der Waals surface area contributed by atoms with Gasteiger partial charge in [0, 0.05) is 18.7 Å². The van der Waals surface area contributed by atoms with E-state index in [1.165, 1.54) is 11.0 Å². The molecule has 1 aliphatic rings. The van der Waals surface area contributed by atoms with E-state index in [0.29, 0.717) is 26.7 Å². The minimum absolute atomic E-state index is 0.0879. The number of carbonyl (C=O) groups excluding carboxylic acids is 1. The molecule has 0 saturated heterocycles. The molecule has 1 saturated carbocycles. The van der Waals surface area contributed by atoms with Crippen molar-refractivity contribution >= 4 is 29.0 Å². The van der Waals surface area contributed by atoms with E-state index in [4.69, 9.17) is 12.2 Å². The van der Waals surface area contributed by atoms with Crippen LogP contribution in [0.3, 0.4) is 0 Å². The van der Waals surface area contributed by atoms with Crippen LogP contribution in [-0.4, -0.2) is 21.5 Å². The number of hydrogen-bond donors (Lipinski definition) is 2. The number of aromatic amines is 1. The van der Waals surface area contributed by atoms with E-state index in [2.05, 4.69) is 31.1 Å². The van der Waals surface area contributed by atoms with E-state index in [9.17, 15) is 9.59 Å². The molecule has 1 aromatic carbocycles. The van der Waals surface area contributed by atoms with Crippen LogP contribution in [0.1, 0.15) is 63.2 Å². The molecule has 0 bridgehead atoms. The quantitative estimate of drug-likeness (QED) is 0.768. The fraction of sp³-hybridized carbons (Fsp3) is 0.571. The summed E-state index contributed by atoms with van der Waals surface area (Å²) in [5.41, 5.74) is 1.37. The van der Waals surface area contributed by atoms with Crippen molar-refractivity contribution in [2.75, 3.05) is 0 Å². The molecule has 0 spiro atoms. The van der Waals surface area contributed by atoms with Crippen molar-refractivity contribution in [3.8, 4) is 0 Å². The summed E-state index contributed by atoms with van der Waals surface area (Å²) in [5.74, 6) is 0.641. The summed E-state index contributed by atoms with van der Waals surface area (Å²) in [7, 11) is 1.64. The molecular weight excluding hydrogens is 358 g/mol. The highest BCUT2D eigenvalue weighted by molar-refractivity contribution is 7.71. The molecule has 1 aliphatic carbocycles. The first-order valence-electron chi connectivity index (χ1n) is 9.77. The summed E-state index contributed by atoms with van der Waals surface area (Å²) in [6.45, 7) is 6.95. The molecule has 2 N–H and O–H groups in total. The van der Waals surface area contributed by atoms with Crippen molar-refractivity contribution in [2.24, 2.45) is 18.4 Å². The van der Waals surface area contributed by atoms with Crippen LogP contribution in [0.15, 0.2) is 23.0 Å². The average Bonchev–Trinajstić information content (AvgIpc) is 2.66. The monoisotopic (exact) mass is 387 g/mol. The maximum atomic E-state index is 12.7. The third-order valence-electron chi connectivity index (χ3n) is 6.44. The Morgan fingerprint density at radius 3 is 2.59 bits per heavy atom. The van der Waals surface area contributed by atoms with Gasteiger partial charge in [-0.1, -0.05) is 27.2 Å². The minimum atomic E-state index is -0.155. The van der Waals surface area contributed by atoms with Gasteiger partial charge in [-0.2, -0.15) is 0 Å². The fourth-order valence-electron chi connectivity index (χ4n) is 4.02. The Kier molecular flexibility index (Phi) is 5.56. The van der Waals surface area contributed by atoms with E-state index in [1.807, 2.05) is 0 Å². The van der Waals surface area contributed by atoms with Crippen LogP contribution in [0.2, 0.25) is 0 Å². The third kappa shape index (κ3) is 4.00. The van der Waals surface area contributed by atoms with Crippen LogP contribution in [0, 0.1) is 16.1 Å². The second-order valence-corrected chi connectivity index (χ2v) is 8.81. The SMILES string of the molecule is CCC(C)(C)C1CCC(NC(=O)c2ccc3c(=O)n(C)c(=S)[nH]c3c2)CC1. The Balaban J connectivity index is 1.71. The number of benzene rings is 1. The number of fused-ring (bicyclic) bond motifs is 1. The smallest absolute Gasteiger partial charge is 0.261 e. The standard InChI is InChI=1S/C21H29N3O2S/c1-5-21(2,3)14-7-9-15(10-8-14)22-18(25)13-6-11-16-17(12-13)23-20(27)24(4)19(16)26/h6,11-12,14-15H,5,7-10H2,1-4H3,(H,22,25)(H,23,27). The van der Waals surface area contributed by atoms with E-state index in [-0.39, 0.29) is 17.5 Å². The first-order valence-corrected chi connectivity index (χ1v) is 10.2. The Labute approximate surface area is 165 Å². The van der Waals surface area contributed by atoms with Gasteiger partial charge in [-0.05, 0) is 67.4 Å². The molecule has 3 rings (SSSR count). The molecular formula is C21H29N3O2S. The number of rotatable bonds is 4. The van der Waals surface area contributed by atoms with Gasteiger partial charge in [0.05, 0.1) is 10.9 Å². The van der Waals surface area contributed by atoms with E-state index in [0.717, 1.165) is 31.6 Å². The van der Waals surface area contributed by atoms with Crippen molar-refractivity contribution in [3.05, 3.63) is 38.9 Å². The van der Waals surface area contributed by atoms with Crippen LogP contribution in [0.25, 0.3) is 10.9 Å². The number of nitrogens with zero attached hydrogens (tertiary/aromatic N) is 1. The zero-order chi connectivity index (χ0) is 19.8. The van der Waals surface area contributed by atoms with Crippen LogP contribution in [-0.2, 0) is 7.05 Å². The zero-order valence-corrected chi connectivity index (χ0v) is 17.4. The van der Waals surface area contributed by atoms with Gasteiger partial charge in [0.1, 0.15) is 0 Å². The predicted molar refractivity (Wildman–Crippen MR) is 112 cm³/mol. The Hall–Kier alpha value is -1.95. The second kappa shape index (κ2) is 7.58. The molecule has 2 aromatic rings. The second-order valence-electron chi connectivity index (χ2n) is 8.42.